The first-order valence-corrected chi connectivity index (χ1v) is 12.6. The predicted molar refractivity (Wildman–Crippen MR) is 123 cm³/mol. The molecule has 2 atom stereocenters. The fourth-order valence-electron chi connectivity index (χ4n) is 5.11. The van der Waals surface area contributed by atoms with Gasteiger partial charge in [-0.25, -0.2) is 4.98 Å². The van der Waals surface area contributed by atoms with Crippen LogP contribution in [0, 0.1) is 12.3 Å². The highest BCUT2D eigenvalue weighted by Gasteiger charge is 2.57. The fraction of sp³-hybridized carbons (Fsp3) is 0.542. The van der Waals surface area contributed by atoms with E-state index in [-0.39, 0.29) is 5.41 Å². The summed E-state index contributed by atoms with van der Waals surface area (Å²) < 4.78 is 45.8. The topological polar surface area (TPSA) is 60.0 Å². The van der Waals surface area contributed by atoms with Crippen molar-refractivity contribution in [1.82, 2.24) is 24.6 Å². The smallest absolute Gasteiger partial charge is 0.416 e. The summed E-state index contributed by atoms with van der Waals surface area (Å²) in [5.74, 6) is 2.70. The monoisotopic (exact) mass is 491 g/mol. The number of oxazole rings is 1. The van der Waals surface area contributed by atoms with Gasteiger partial charge in [-0.05, 0) is 74.7 Å². The number of nitrogens with zero attached hydrogens (tertiary/aromatic N) is 5. The molecule has 2 aliphatic rings. The molecule has 1 aromatic carbocycles. The number of alkyl halides is 3. The number of halogens is 3. The second kappa shape index (κ2) is 9.03. The van der Waals surface area contributed by atoms with Gasteiger partial charge in [0, 0.05) is 19.3 Å². The van der Waals surface area contributed by atoms with Crippen LogP contribution in [0.5, 0.6) is 0 Å². The number of aromatic nitrogens is 4. The number of aryl methyl sites for hydroxylation is 1. The van der Waals surface area contributed by atoms with Crippen molar-refractivity contribution in [3.63, 3.8) is 0 Å². The number of thioether (sulfide) groups is 1. The van der Waals surface area contributed by atoms with E-state index >= 15 is 0 Å². The molecule has 1 saturated carbocycles. The van der Waals surface area contributed by atoms with Crippen LogP contribution in [-0.2, 0) is 13.2 Å². The van der Waals surface area contributed by atoms with Crippen molar-refractivity contribution < 1.29 is 17.6 Å². The number of hydrogen-bond acceptors (Lipinski definition) is 6. The summed E-state index contributed by atoms with van der Waals surface area (Å²) in [6.07, 6.45) is 1.56. The Bertz CT molecular complexity index is 1140. The van der Waals surface area contributed by atoms with Gasteiger partial charge >= 0.3 is 6.18 Å². The molecule has 0 bridgehead atoms. The second-order valence-corrected chi connectivity index (χ2v) is 10.5. The molecular formula is C24H28F3N5OS. The van der Waals surface area contributed by atoms with E-state index in [1.54, 1.807) is 23.9 Å². The predicted octanol–water partition coefficient (Wildman–Crippen LogP) is 5.55. The third-order valence-corrected chi connectivity index (χ3v) is 8.28. The first-order valence-electron chi connectivity index (χ1n) is 11.6. The van der Waals surface area contributed by atoms with E-state index in [4.69, 9.17) is 4.42 Å². The van der Waals surface area contributed by atoms with Crippen LogP contribution in [0.2, 0.25) is 0 Å². The normalized spacial score (nSPS) is 22.7. The van der Waals surface area contributed by atoms with Gasteiger partial charge in [0.1, 0.15) is 0 Å². The van der Waals surface area contributed by atoms with Gasteiger partial charge in [0.25, 0.3) is 0 Å². The lowest BCUT2D eigenvalue weighted by Crippen LogP contribution is -2.22. The molecule has 1 unspecified atom stereocenters. The Balaban J connectivity index is 1.05. The first kappa shape index (κ1) is 23.4. The third kappa shape index (κ3) is 4.62. The van der Waals surface area contributed by atoms with Crippen molar-refractivity contribution in [1.29, 1.82) is 0 Å². The van der Waals surface area contributed by atoms with Gasteiger partial charge in [0.2, 0.25) is 5.82 Å². The first-order chi connectivity index (χ1) is 16.3. The molecule has 5 rings (SSSR count). The highest BCUT2D eigenvalue weighted by molar-refractivity contribution is 7.99. The molecule has 0 amide bonds. The second-order valence-electron chi connectivity index (χ2n) is 9.45. The van der Waals surface area contributed by atoms with E-state index in [2.05, 4.69) is 20.1 Å². The van der Waals surface area contributed by atoms with Crippen molar-refractivity contribution in [2.24, 2.45) is 12.5 Å². The van der Waals surface area contributed by atoms with Crippen molar-refractivity contribution in [3.05, 3.63) is 47.5 Å². The molecule has 2 fully saturated rings. The Hall–Kier alpha value is -2.33. The average Bonchev–Trinajstić information content (AvgIpc) is 3.08. The van der Waals surface area contributed by atoms with E-state index in [0.29, 0.717) is 17.5 Å². The van der Waals surface area contributed by atoms with Gasteiger partial charge < -0.3 is 13.9 Å². The van der Waals surface area contributed by atoms with Gasteiger partial charge in [-0.3, -0.25) is 0 Å². The maximum Gasteiger partial charge on any atom is 0.416 e. The van der Waals surface area contributed by atoms with Crippen LogP contribution in [0.3, 0.4) is 0 Å². The zero-order valence-corrected chi connectivity index (χ0v) is 20.1. The molecule has 2 aromatic heterocycles. The van der Waals surface area contributed by atoms with Crippen molar-refractivity contribution in [3.8, 4) is 11.6 Å². The number of rotatable bonds is 8. The SMILES string of the molecule is Cc1ncoc1-c1nnc(SCCCCN2CCC3(C[C@@H]3c3ccc(C(F)(F)F)cc3)C2)n1C. The fourth-order valence-corrected chi connectivity index (χ4v) is 6.02. The lowest BCUT2D eigenvalue weighted by Gasteiger charge is -2.16. The number of unbranched alkanes of at least 4 members (excludes halogenated alkanes) is 1. The Morgan fingerprint density at radius 2 is 1.97 bits per heavy atom. The number of benzene rings is 1. The Morgan fingerprint density at radius 3 is 2.68 bits per heavy atom. The van der Waals surface area contributed by atoms with Crippen LogP contribution in [0.1, 0.15) is 48.4 Å². The Labute approximate surface area is 200 Å². The van der Waals surface area contributed by atoms with E-state index in [1.165, 1.54) is 18.5 Å². The van der Waals surface area contributed by atoms with E-state index in [9.17, 15) is 13.2 Å². The van der Waals surface area contributed by atoms with Gasteiger partial charge in [-0.2, -0.15) is 13.2 Å². The molecule has 0 radical (unpaired) electrons. The van der Waals surface area contributed by atoms with Gasteiger partial charge in [-0.15, -0.1) is 10.2 Å². The van der Waals surface area contributed by atoms with Gasteiger partial charge in [0.15, 0.2) is 17.3 Å². The Kier molecular flexibility index (Phi) is 6.22. The summed E-state index contributed by atoms with van der Waals surface area (Å²) in [5, 5.41) is 9.40. The third-order valence-electron chi connectivity index (χ3n) is 7.18. The van der Waals surface area contributed by atoms with Gasteiger partial charge in [-0.1, -0.05) is 23.9 Å². The lowest BCUT2D eigenvalue weighted by atomic mass is 9.97. The summed E-state index contributed by atoms with van der Waals surface area (Å²) >= 11 is 1.69. The van der Waals surface area contributed by atoms with E-state index in [0.717, 1.165) is 67.5 Å². The zero-order valence-electron chi connectivity index (χ0n) is 19.3. The summed E-state index contributed by atoms with van der Waals surface area (Å²) in [5.41, 5.74) is 1.55. The maximum atomic E-state index is 12.8. The molecule has 0 N–H and O–H groups in total. The lowest BCUT2D eigenvalue weighted by molar-refractivity contribution is -0.137. The van der Waals surface area contributed by atoms with E-state index < -0.39 is 11.7 Å². The minimum atomic E-state index is -4.27. The minimum absolute atomic E-state index is 0.266. The molecule has 182 valence electrons. The quantitative estimate of drug-likeness (QED) is 0.304. The van der Waals surface area contributed by atoms with Crippen molar-refractivity contribution >= 4 is 11.8 Å². The molecule has 34 heavy (non-hydrogen) atoms. The van der Waals surface area contributed by atoms with Crippen molar-refractivity contribution in [2.75, 3.05) is 25.4 Å². The van der Waals surface area contributed by atoms with Crippen LogP contribution < -0.4 is 0 Å². The molecule has 6 nitrogen and oxygen atoms in total. The summed E-state index contributed by atoms with van der Waals surface area (Å²) in [6.45, 7) is 5.07. The molecule has 1 spiro atoms. The molecule has 1 saturated heterocycles. The summed E-state index contributed by atoms with van der Waals surface area (Å²) in [4.78, 5) is 6.63. The van der Waals surface area contributed by atoms with Crippen LogP contribution in [0.4, 0.5) is 13.2 Å². The molecule has 3 heterocycles. The Morgan fingerprint density at radius 1 is 1.18 bits per heavy atom. The molecule has 10 heteroatoms. The average molecular weight is 492 g/mol. The van der Waals surface area contributed by atoms with Crippen LogP contribution in [0.15, 0.2) is 40.2 Å². The minimum Gasteiger partial charge on any atom is -0.440 e. The zero-order chi connectivity index (χ0) is 23.9. The van der Waals surface area contributed by atoms with Crippen LogP contribution >= 0.6 is 11.8 Å². The van der Waals surface area contributed by atoms with Crippen molar-refractivity contribution in [2.45, 2.75) is 49.9 Å². The number of likely N-dealkylation sites (tertiary alicyclic amines) is 1. The highest BCUT2D eigenvalue weighted by atomic mass is 32.2. The van der Waals surface area contributed by atoms with Gasteiger partial charge in [0.05, 0.1) is 11.3 Å². The molecule has 1 aliphatic carbocycles. The summed E-state index contributed by atoms with van der Waals surface area (Å²) in [6, 6.07) is 5.78. The molecule has 1 aliphatic heterocycles. The maximum absolute atomic E-state index is 12.8. The molecular weight excluding hydrogens is 463 g/mol. The number of hydrogen-bond donors (Lipinski definition) is 0. The standard InChI is InChI=1S/C24H28F3N5OS/c1-16-20(33-15-28-16)21-29-30-22(31(21)2)34-12-4-3-10-32-11-9-23(14-32)13-19(23)17-5-7-18(8-6-17)24(25,26)27/h5-8,15,19H,3-4,9-14H2,1-2H3/t19-,23?/m1/s1. The van der Waals surface area contributed by atoms with Crippen LogP contribution in [-0.4, -0.2) is 50.0 Å². The largest absolute Gasteiger partial charge is 0.440 e. The van der Waals surface area contributed by atoms with E-state index in [1.807, 2.05) is 18.5 Å². The highest BCUT2D eigenvalue weighted by Crippen LogP contribution is 2.64. The van der Waals surface area contributed by atoms with Crippen LogP contribution in [0.25, 0.3) is 11.6 Å². The summed E-state index contributed by atoms with van der Waals surface area (Å²) in [7, 11) is 1.94. The molecule has 3 aromatic rings.